The van der Waals surface area contributed by atoms with Gasteiger partial charge in [0.25, 0.3) is 5.91 Å². The molecule has 3 rings (SSSR count). The number of nitriles is 1. The summed E-state index contributed by atoms with van der Waals surface area (Å²) in [6, 6.07) is 10.2. The van der Waals surface area contributed by atoms with Crippen molar-refractivity contribution in [3.8, 4) is 17.6 Å². The number of hydrogen-bond acceptors (Lipinski definition) is 4. The molecule has 0 bridgehead atoms. The number of nitrogens with zero attached hydrogens (tertiary/aromatic N) is 1. The average Bonchev–Trinajstić information content (AvgIpc) is 3.02. The molecule has 0 fully saturated rings. The van der Waals surface area contributed by atoms with Crippen LogP contribution < -0.4 is 14.8 Å². The van der Waals surface area contributed by atoms with Gasteiger partial charge in [-0.05, 0) is 48.4 Å². The maximum atomic E-state index is 12.4. The van der Waals surface area contributed by atoms with Gasteiger partial charge in [0.2, 0.25) is 6.79 Å². The number of nitrogens with one attached hydrogen (secondary N) is 1. The van der Waals surface area contributed by atoms with Crippen LogP contribution in [0.3, 0.4) is 0 Å². The summed E-state index contributed by atoms with van der Waals surface area (Å²) in [6.07, 6.45) is 1.41. The minimum Gasteiger partial charge on any atom is -0.454 e. The smallest absolute Gasteiger partial charge is 0.266 e. The van der Waals surface area contributed by atoms with Crippen LogP contribution in [0.4, 0.5) is 5.69 Å². The van der Waals surface area contributed by atoms with E-state index in [9.17, 15) is 10.1 Å². The summed E-state index contributed by atoms with van der Waals surface area (Å²) in [6.45, 7) is 1.92. The molecule has 7 heteroatoms. The van der Waals surface area contributed by atoms with E-state index in [4.69, 9.17) is 32.7 Å². The van der Waals surface area contributed by atoms with Crippen molar-refractivity contribution in [2.75, 3.05) is 12.1 Å². The monoisotopic (exact) mass is 374 g/mol. The molecule has 2 aromatic carbocycles. The standard InChI is InChI=1S/C18H12Cl2N2O3/c1-10-4-13(19)2-3-15(10)22-18(23)12(8-21)5-11-6-16-17(7-14(11)20)25-9-24-16/h2-7H,9H2,1H3,(H,22,23)/b12-5+. The molecule has 2 aromatic rings. The van der Waals surface area contributed by atoms with E-state index in [1.165, 1.54) is 6.08 Å². The number of halogens is 2. The number of amides is 1. The summed E-state index contributed by atoms with van der Waals surface area (Å²) in [7, 11) is 0. The molecule has 1 N–H and O–H groups in total. The molecular formula is C18H12Cl2N2O3. The van der Waals surface area contributed by atoms with E-state index in [1.54, 1.807) is 30.3 Å². The van der Waals surface area contributed by atoms with E-state index >= 15 is 0 Å². The minimum absolute atomic E-state index is 0.0879. The van der Waals surface area contributed by atoms with Gasteiger partial charge in [0.15, 0.2) is 11.5 Å². The first kappa shape index (κ1) is 17.2. The highest BCUT2D eigenvalue weighted by molar-refractivity contribution is 6.32. The van der Waals surface area contributed by atoms with E-state index in [2.05, 4.69) is 5.32 Å². The second-order valence-corrected chi connectivity index (χ2v) is 6.15. The van der Waals surface area contributed by atoms with Crippen molar-refractivity contribution in [3.63, 3.8) is 0 Å². The summed E-state index contributed by atoms with van der Waals surface area (Å²) in [5, 5.41) is 12.9. The number of fused-ring (bicyclic) bond motifs is 1. The van der Waals surface area contributed by atoms with Crippen LogP contribution in [0, 0.1) is 18.3 Å². The van der Waals surface area contributed by atoms with Crippen LogP contribution in [-0.2, 0) is 4.79 Å². The molecule has 0 aliphatic carbocycles. The van der Waals surface area contributed by atoms with Gasteiger partial charge in [-0.15, -0.1) is 0 Å². The third kappa shape index (κ3) is 3.71. The molecule has 0 atom stereocenters. The zero-order valence-corrected chi connectivity index (χ0v) is 14.6. The van der Waals surface area contributed by atoms with Crippen molar-refractivity contribution in [3.05, 3.63) is 57.1 Å². The first-order chi connectivity index (χ1) is 12.0. The largest absolute Gasteiger partial charge is 0.454 e. The number of ether oxygens (including phenoxy) is 2. The molecule has 0 radical (unpaired) electrons. The Hall–Kier alpha value is -2.68. The Kier molecular flexibility index (Phi) is 4.84. The Morgan fingerprint density at radius 2 is 1.96 bits per heavy atom. The number of carbonyl (C=O) groups is 1. The molecule has 25 heavy (non-hydrogen) atoms. The van der Waals surface area contributed by atoms with Crippen molar-refractivity contribution in [1.82, 2.24) is 0 Å². The lowest BCUT2D eigenvalue weighted by atomic mass is 10.1. The fraction of sp³-hybridized carbons (Fsp3) is 0.111. The topological polar surface area (TPSA) is 71.4 Å². The van der Waals surface area contributed by atoms with Crippen LogP contribution in [0.5, 0.6) is 11.5 Å². The van der Waals surface area contributed by atoms with Crippen molar-refractivity contribution in [2.24, 2.45) is 0 Å². The van der Waals surface area contributed by atoms with Crippen molar-refractivity contribution >= 4 is 40.9 Å². The van der Waals surface area contributed by atoms with E-state index in [-0.39, 0.29) is 12.4 Å². The second-order valence-electron chi connectivity index (χ2n) is 5.31. The maximum absolute atomic E-state index is 12.4. The summed E-state index contributed by atoms with van der Waals surface area (Å²) in [4.78, 5) is 12.4. The quantitative estimate of drug-likeness (QED) is 0.630. The molecular weight excluding hydrogens is 363 g/mol. The van der Waals surface area contributed by atoms with Crippen LogP contribution in [-0.4, -0.2) is 12.7 Å². The second kappa shape index (κ2) is 7.06. The summed E-state index contributed by atoms with van der Waals surface area (Å²) >= 11 is 12.1. The van der Waals surface area contributed by atoms with Gasteiger partial charge in [-0.25, -0.2) is 0 Å². The third-order valence-electron chi connectivity index (χ3n) is 3.59. The summed E-state index contributed by atoms with van der Waals surface area (Å²) in [5.74, 6) is 0.505. The number of hydrogen-bond donors (Lipinski definition) is 1. The highest BCUT2D eigenvalue weighted by Gasteiger charge is 2.17. The van der Waals surface area contributed by atoms with E-state index in [0.29, 0.717) is 32.8 Å². The maximum Gasteiger partial charge on any atom is 0.266 e. The third-order valence-corrected chi connectivity index (χ3v) is 4.16. The number of benzene rings is 2. The Morgan fingerprint density at radius 3 is 2.64 bits per heavy atom. The van der Waals surface area contributed by atoms with Gasteiger partial charge >= 0.3 is 0 Å². The first-order valence-corrected chi connectivity index (χ1v) is 8.02. The van der Waals surface area contributed by atoms with Crippen LogP contribution in [0.1, 0.15) is 11.1 Å². The van der Waals surface area contributed by atoms with Gasteiger partial charge < -0.3 is 14.8 Å². The van der Waals surface area contributed by atoms with Crippen molar-refractivity contribution in [1.29, 1.82) is 5.26 Å². The van der Waals surface area contributed by atoms with Gasteiger partial charge in [-0.1, -0.05) is 23.2 Å². The highest BCUT2D eigenvalue weighted by atomic mass is 35.5. The predicted octanol–water partition coefficient (Wildman–Crippen LogP) is 4.58. The summed E-state index contributed by atoms with van der Waals surface area (Å²) in [5.41, 5.74) is 1.77. The Balaban J connectivity index is 1.88. The van der Waals surface area contributed by atoms with Crippen molar-refractivity contribution in [2.45, 2.75) is 6.92 Å². The molecule has 0 unspecified atom stereocenters. The molecule has 126 valence electrons. The molecule has 0 saturated carbocycles. The van der Waals surface area contributed by atoms with Crippen LogP contribution >= 0.6 is 23.2 Å². The number of anilines is 1. The molecule has 0 aromatic heterocycles. The highest BCUT2D eigenvalue weighted by Crippen LogP contribution is 2.37. The van der Waals surface area contributed by atoms with Gasteiger partial charge in [0.05, 0.1) is 5.02 Å². The van der Waals surface area contributed by atoms with E-state index in [1.807, 2.05) is 13.0 Å². The first-order valence-electron chi connectivity index (χ1n) is 7.26. The molecule has 0 saturated heterocycles. The number of aryl methyl sites for hydroxylation is 1. The lowest BCUT2D eigenvalue weighted by Gasteiger charge is -2.08. The average molecular weight is 375 g/mol. The number of carbonyl (C=O) groups excluding carboxylic acids is 1. The Morgan fingerprint density at radius 1 is 1.24 bits per heavy atom. The fourth-order valence-corrected chi connectivity index (χ4v) is 2.74. The SMILES string of the molecule is Cc1cc(Cl)ccc1NC(=O)/C(C#N)=C/c1cc2c(cc1Cl)OCO2. The molecule has 0 spiro atoms. The predicted molar refractivity (Wildman–Crippen MR) is 96.0 cm³/mol. The Bertz CT molecular complexity index is 933. The summed E-state index contributed by atoms with van der Waals surface area (Å²) < 4.78 is 10.5. The van der Waals surface area contributed by atoms with E-state index in [0.717, 1.165) is 5.56 Å². The Labute approximate surface area is 154 Å². The minimum atomic E-state index is -0.540. The van der Waals surface area contributed by atoms with E-state index < -0.39 is 5.91 Å². The zero-order chi connectivity index (χ0) is 18.0. The molecule has 1 aliphatic rings. The van der Waals surface area contributed by atoms with Crippen molar-refractivity contribution < 1.29 is 14.3 Å². The molecule has 1 amide bonds. The molecule has 1 heterocycles. The van der Waals surface area contributed by atoms with Crippen LogP contribution in [0.25, 0.3) is 6.08 Å². The normalized spacial score (nSPS) is 12.6. The van der Waals surface area contributed by atoms with Gasteiger partial charge in [0.1, 0.15) is 11.6 Å². The number of rotatable bonds is 3. The lowest BCUT2D eigenvalue weighted by Crippen LogP contribution is -2.14. The van der Waals surface area contributed by atoms with Gasteiger partial charge in [-0.2, -0.15) is 5.26 Å². The lowest BCUT2D eigenvalue weighted by molar-refractivity contribution is -0.112. The zero-order valence-electron chi connectivity index (χ0n) is 13.1. The van der Waals surface area contributed by atoms with Gasteiger partial charge in [-0.3, -0.25) is 4.79 Å². The van der Waals surface area contributed by atoms with Gasteiger partial charge in [0, 0.05) is 16.8 Å². The fourth-order valence-electron chi connectivity index (χ4n) is 2.30. The van der Waals surface area contributed by atoms with Crippen LogP contribution in [0.2, 0.25) is 10.0 Å². The molecule has 5 nitrogen and oxygen atoms in total. The molecule has 1 aliphatic heterocycles. The van der Waals surface area contributed by atoms with Crippen LogP contribution in [0.15, 0.2) is 35.9 Å².